The van der Waals surface area contributed by atoms with Crippen molar-refractivity contribution in [1.82, 2.24) is 4.31 Å². The van der Waals surface area contributed by atoms with Gasteiger partial charge in [0.2, 0.25) is 15.9 Å². The first-order chi connectivity index (χ1) is 16.6. The normalized spacial score (nSPS) is 16.3. The third kappa shape index (κ3) is 5.06. The maximum Gasteiger partial charge on any atom is 0.252 e. The number of hydrogen-bond donors (Lipinski definition) is 0. The van der Waals surface area contributed by atoms with Gasteiger partial charge in [-0.05, 0) is 55.0 Å². The molecule has 0 bridgehead atoms. The number of benzene rings is 3. The van der Waals surface area contributed by atoms with Crippen molar-refractivity contribution in [3.63, 3.8) is 0 Å². The van der Waals surface area contributed by atoms with Crippen molar-refractivity contribution < 1.29 is 22.7 Å². The summed E-state index contributed by atoms with van der Waals surface area (Å²) in [4.78, 5) is 27.2. The number of hydrogen-bond acceptors (Lipinski definition) is 5. The molecule has 10 heteroatoms. The summed E-state index contributed by atoms with van der Waals surface area (Å²) in [5.41, 5.74) is 1.98. The van der Waals surface area contributed by atoms with Gasteiger partial charge in [-0.25, -0.2) is 13.3 Å². The molecule has 1 saturated heterocycles. The monoisotopic (exact) mass is 532 g/mol. The highest BCUT2D eigenvalue weighted by Crippen LogP contribution is 2.34. The molecule has 1 unspecified atom stereocenters. The molecule has 2 amide bonds. The van der Waals surface area contributed by atoms with Gasteiger partial charge in [0, 0.05) is 11.6 Å². The third-order valence-corrected chi connectivity index (χ3v) is 8.31. The number of carbonyl (C=O) groups excluding carboxylic acids is 2. The minimum absolute atomic E-state index is 0.0351. The number of nitrogens with zero attached hydrogens (tertiary/aromatic N) is 2. The second-order valence-electron chi connectivity index (χ2n) is 8.10. The van der Waals surface area contributed by atoms with Crippen LogP contribution in [0.3, 0.4) is 0 Å². The van der Waals surface area contributed by atoms with Crippen LogP contribution in [-0.2, 0) is 26.2 Å². The summed E-state index contributed by atoms with van der Waals surface area (Å²) in [6.07, 6.45) is -0.311. The molecule has 3 aromatic carbocycles. The van der Waals surface area contributed by atoms with Gasteiger partial charge in [0.1, 0.15) is 16.7 Å². The first kappa shape index (κ1) is 25.2. The molecule has 1 aliphatic rings. The van der Waals surface area contributed by atoms with E-state index in [0.717, 1.165) is 14.8 Å². The smallest absolute Gasteiger partial charge is 0.252 e. The Bertz CT molecular complexity index is 1380. The quantitative estimate of drug-likeness (QED) is 0.406. The summed E-state index contributed by atoms with van der Waals surface area (Å²) < 4.78 is 33.8. The number of halogens is 2. The Morgan fingerprint density at radius 2 is 1.66 bits per heavy atom. The molecule has 1 fully saturated rings. The molecule has 7 nitrogen and oxygen atoms in total. The lowest BCUT2D eigenvalue weighted by Crippen LogP contribution is -2.45. The lowest BCUT2D eigenvalue weighted by atomic mass is 10.1. The van der Waals surface area contributed by atoms with Crippen LogP contribution in [0.15, 0.2) is 71.6 Å². The van der Waals surface area contributed by atoms with Crippen LogP contribution in [0.25, 0.3) is 0 Å². The van der Waals surface area contributed by atoms with Crippen molar-refractivity contribution in [3.8, 4) is 5.75 Å². The zero-order chi connectivity index (χ0) is 25.3. The molecule has 0 radical (unpaired) electrons. The van der Waals surface area contributed by atoms with Gasteiger partial charge in [-0.1, -0.05) is 53.0 Å². The van der Waals surface area contributed by atoms with E-state index in [9.17, 15) is 18.0 Å². The van der Waals surface area contributed by atoms with Crippen molar-refractivity contribution in [2.24, 2.45) is 0 Å². The standard InChI is InChI=1S/C25H22Cl2N2O5S/c1-16-3-5-17(6-4-16)15-28(35(32,33)23-13-18(26)7-12-21(23)27)22-14-24(30)29(25(22)31)19-8-10-20(34-2)11-9-19/h3-13,22H,14-15H2,1-2H3. The van der Waals surface area contributed by atoms with E-state index >= 15 is 0 Å². The van der Waals surface area contributed by atoms with E-state index in [2.05, 4.69) is 0 Å². The molecule has 1 atom stereocenters. The molecule has 0 aromatic heterocycles. The molecule has 4 rings (SSSR count). The van der Waals surface area contributed by atoms with Gasteiger partial charge >= 0.3 is 0 Å². The van der Waals surface area contributed by atoms with Crippen LogP contribution in [0.4, 0.5) is 5.69 Å². The topological polar surface area (TPSA) is 84.0 Å². The Hall–Kier alpha value is -2.91. The minimum Gasteiger partial charge on any atom is -0.497 e. The lowest BCUT2D eigenvalue weighted by Gasteiger charge is -2.27. The number of rotatable bonds is 7. The summed E-state index contributed by atoms with van der Waals surface area (Å²) in [5, 5.41) is 0.143. The van der Waals surface area contributed by atoms with Crippen LogP contribution < -0.4 is 9.64 Å². The molecule has 1 heterocycles. The maximum absolute atomic E-state index is 13.8. The molecule has 0 saturated carbocycles. The van der Waals surface area contributed by atoms with E-state index in [0.29, 0.717) is 17.0 Å². The number of carbonyl (C=O) groups is 2. The Morgan fingerprint density at radius 3 is 2.29 bits per heavy atom. The van der Waals surface area contributed by atoms with Gasteiger partial charge in [-0.3, -0.25) is 9.59 Å². The van der Waals surface area contributed by atoms with E-state index in [4.69, 9.17) is 27.9 Å². The van der Waals surface area contributed by atoms with Crippen LogP contribution in [0.2, 0.25) is 10.0 Å². The van der Waals surface area contributed by atoms with Crippen molar-refractivity contribution in [2.45, 2.75) is 30.8 Å². The third-order valence-electron chi connectivity index (χ3n) is 5.74. The number of aryl methyl sites for hydroxylation is 1. The van der Waals surface area contributed by atoms with Crippen molar-refractivity contribution >= 4 is 50.7 Å². The zero-order valence-electron chi connectivity index (χ0n) is 18.9. The Balaban J connectivity index is 1.77. The predicted molar refractivity (Wildman–Crippen MR) is 134 cm³/mol. The Labute approximate surface area is 213 Å². The number of anilines is 1. The maximum atomic E-state index is 13.8. The molecule has 1 aliphatic heterocycles. The molecular weight excluding hydrogens is 511 g/mol. The number of ether oxygens (including phenoxy) is 1. The van der Waals surface area contributed by atoms with Gasteiger partial charge in [-0.15, -0.1) is 0 Å². The first-order valence-electron chi connectivity index (χ1n) is 10.6. The number of amides is 2. The highest BCUT2D eigenvalue weighted by Gasteiger charge is 2.47. The fraction of sp³-hybridized carbons (Fsp3) is 0.200. The molecule has 0 spiro atoms. The fourth-order valence-corrected chi connectivity index (χ4v) is 6.19. The summed E-state index contributed by atoms with van der Waals surface area (Å²) >= 11 is 12.3. The van der Waals surface area contributed by atoms with E-state index < -0.39 is 27.9 Å². The van der Waals surface area contributed by atoms with Gasteiger partial charge in [-0.2, -0.15) is 4.31 Å². The average Bonchev–Trinajstić information content (AvgIpc) is 3.13. The average molecular weight is 533 g/mol. The molecular formula is C25H22Cl2N2O5S. The van der Waals surface area contributed by atoms with Gasteiger partial charge in [0.15, 0.2) is 0 Å². The Morgan fingerprint density at radius 1 is 1.00 bits per heavy atom. The van der Waals surface area contributed by atoms with Crippen LogP contribution in [0.1, 0.15) is 17.5 Å². The van der Waals surface area contributed by atoms with Crippen LogP contribution in [0.5, 0.6) is 5.75 Å². The number of imide groups is 1. The summed E-state index contributed by atoms with van der Waals surface area (Å²) in [5.74, 6) is -0.593. The molecule has 0 aliphatic carbocycles. The second kappa shape index (κ2) is 9.99. The van der Waals surface area contributed by atoms with Gasteiger partial charge < -0.3 is 4.74 Å². The highest BCUT2D eigenvalue weighted by molar-refractivity contribution is 7.89. The highest BCUT2D eigenvalue weighted by atomic mass is 35.5. The minimum atomic E-state index is -4.32. The Kier molecular flexibility index (Phi) is 7.19. The number of sulfonamides is 1. The summed E-state index contributed by atoms with van der Waals surface area (Å²) in [6.45, 7) is 1.78. The molecule has 0 N–H and O–H groups in total. The molecule has 35 heavy (non-hydrogen) atoms. The van der Waals surface area contributed by atoms with E-state index in [-0.39, 0.29) is 27.9 Å². The number of methoxy groups -OCH3 is 1. The lowest BCUT2D eigenvalue weighted by molar-refractivity contribution is -0.122. The van der Waals surface area contributed by atoms with E-state index in [1.165, 1.54) is 25.3 Å². The summed E-state index contributed by atoms with van der Waals surface area (Å²) in [7, 11) is -2.82. The molecule has 182 valence electrons. The van der Waals surface area contributed by atoms with Crippen molar-refractivity contribution in [2.75, 3.05) is 12.0 Å². The van der Waals surface area contributed by atoms with Gasteiger partial charge in [0.05, 0.1) is 24.2 Å². The van der Waals surface area contributed by atoms with E-state index in [1.807, 2.05) is 19.1 Å². The SMILES string of the molecule is COc1ccc(N2C(=O)CC(N(Cc3ccc(C)cc3)S(=O)(=O)c3cc(Cl)ccc3Cl)C2=O)cc1. The first-order valence-corrected chi connectivity index (χ1v) is 12.8. The molecule has 3 aromatic rings. The zero-order valence-corrected chi connectivity index (χ0v) is 21.3. The fourth-order valence-electron chi connectivity index (χ4n) is 3.88. The van der Waals surface area contributed by atoms with Crippen LogP contribution in [-0.4, -0.2) is 37.7 Å². The van der Waals surface area contributed by atoms with Crippen molar-refractivity contribution in [1.29, 1.82) is 0 Å². The van der Waals surface area contributed by atoms with Crippen LogP contribution >= 0.6 is 23.2 Å². The predicted octanol–water partition coefficient (Wildman–Crippen LogP) is 4.83. The largest absolute Gasteiger partial charge is 0.497 e. The van der Waals surface area contributed by atoms with Crippen molar-refractivity contribution in [3.05, 3.63) is 87.9 Å². The van der Waals surface area contributed by atoms with Crippen LogP contribution in [0, 0.1) is 6.92 Å². The van der Waals surface area contributed by atoms with E-state index in [1.54, 1.807) is 36.4 Å². The van der Waals surface area contributed by atoms with Gasteiger partial charge in [0.25, 0.3) is 5.91 Å². The second-order valence-corrected chi connectivity index (χ2v) is 10.8. The summed E-state index contributed by atoms with van der Waals surface area (Å²) in [6, 6.07) is 16.5.